The summed E-state index contributed by atoms with van der Waals surface area (Å²) in [7, 11) is 1.60. The highest BCUT2D eigenvalue weighted by molar-refractivity contribution is 6.10. The number of nitrogens with zero attached hydrogens (tertiary/aromatic N) is 1. The second-order valence-corrected chi connectivity index (χ2v) is 5.62. The lowest BCUT2D eigenvalue weighted by atomic mass is 10.00. The predicted octanol–water partition coefficient (Wildman–Crippen LogP) is 2.76. The topological polar surface area (TPSA) is 38.8 Å². The van der Waals surface area contributed by atoms with E-state index < -0.39 is 0 Å². The van der Waals surface area contributed by atoms with Crippen LogP contribution in [0.2, 0.25) is 0 Å². The van der Waals surface area contributed by atoms with Crippen LogP contribution in [-0.2, 0) is 11.3 Å². The Balaban J connectivity index is 1.85. The summed E-state index contributed by atoms with van der Waals surface area (Å²) in [5.41, 5.74) is 2.41. The van der Waals surface area contributed by atoms with E-state index in [1.54, 1.807) is 7.11 Å². The minimum absolute atomic E-state index is 0.00808. The fourth-order valence-electron chi connectivity index (χ4n) is 2.79. The molecule has 0 amide bonds. The van der Waals surface area contributed by atoms with Crippen LogP contribution < -0.4 is 4.74 Å². The molecule has 0 aromatic heterocycles. The molecule has 0 radical (unpaired) electrons. The van der Waals surface area contributed by atoms with Crippen molar-refractivity contribution in [3.05, 3.63) is 65.2 Å². The van der Waals surface area contributed by atoms with Crippen molar-refractivity contribution in [3.8, 4) is 5.75 Å². The molecule has 2 aromatic rings. The van der Waals surface area contributed by atoms with Gasteiger partial charge in [-0.15, -0.1) is 0 Å². The second-order valence-electron chi connectivity index (χ2n) is 5.62. The quantitative estimate of drug-likeness (QED) is 0.796. The molecule has 0 aliphatic carbocycles. The molecule has 1 aliphatic rings. The molecule has 0 atom stereocenters. The maximum atomic E-state index is 12.8. The average molecular weight is 311 g/mol. The van der Waals surface area contributed by atoms with Gasteiger partial charge in [0.25, 0.3) is 0 Å². The van der Waals surface area contributed by atoms with Crippen molar-refractivity contribution in [2.24, 2.45) is 0 Å². The molecular weight excluding hydrogens is 290 g/mol. The number of carbonyl (C=O) groups excluding carboxylic acids is 1. The zero-order chi connectivity index (χ0) is 16.1. The summed E-state index contributed by atoms with van der Waals surface area (Å²) >= 11 is 0. The zero-order valence-corrected chi connectivity index (χ0v) is 13.3. The molecule has 120 valence electrons. The van der Waals surface area contributed by atoms with Gasteiger partial charge in [0.05, 0.1) is 25.9 Å². The smallest absolute Gasteiger partial charge is 0.196 e. The summed E-state index contributed by atoms with van der Waals surface area (Å²) < 4.78 is 10.8. The fourth-order valence-corrected chi connectivity index (χ4v) is 2.79. The standard InChI is InChI=1S/C19H21NO3/c1-22-18-8-7-15(14-20-9-11-23-12-10-20)13-17(18)19(21)16-5-3-2-4-6-16/h2-8,13H,9-12,14H2,1H3. The maximum Gasteiger partial charge on any atom is 0.196 e. The average Bonchev–Trinajstić information content (AvgIpc) is 2.62. The number of carbonyl (C=O) groups is 1. The monoisotopic (exact) mass is 311 g/mol. The Labute approximate surface area is 136 Å². The van der Waals surface area contributed by atoms with E-state index in [-0.39, 0.29) is 5.78 Å². The highest BCUT2D eigenvalue weighted by Crippen LogP contribution is 2.24. The van der Waals surface area contributed by atoms with E-state index in [0.29, 0.717) is 16.9 Å². The van der Waals surface area contributed by atoms with Crippen LogP contribution in [0.5, 0.6) is 5.75 Å². The van der Waals surface area contributed by atoms with Crippen LogP contribution in [0, 0.1) is 0 Å². The van der Waals surface area contributed by atoms with Crippen LogP contribution in [0.25, 0.3) is 0 Å². The van der Waals surface area contributed by atoms with Crippen molar-refractivity contribution in [2.75, 3.05) is 33.4 Å². The second kappa shape index (κ2) is 7.40. The molecule has 0 saturated carbocycles. The highest BCUT2D eigenvalue weighted by atomic mass is 16.5. The van der Waals surface area contributed by atoms with Gasteiger partial charge in [0, 0.05) is 25.2 Å². The number of ether oxygens (including phenoxy) is 2. The third kappa shape index (κ3) is 3.78. The fraction of sp³-hybridized carbons (Fsp3) is 0.316. The molecule has 23 heavy (non-hydrogen) atoms. The Morgan fingerprint density at radius 3 is 2.57 bits per heavy atom. The normalized spacial score (nSPS) is 15.3. The molecule has 3 rings (SSSR count). The summed E-state index contributed by atoms with van der Waals surface area (Å²) in [6, 6.07) is 15.2. The van der Waals surface area contributed by atoms with Gasteiger partial charge in [-0.25, -0.2) is 0 Å². The van der Waals surface area contributed by atoms with Crippen molar-refractivity contribution in [2.45, 2.75) is 6.54 Å². The predicted molar refractivity (Wildman–Crippen MR) is 89.0 cm³/mol. The molecule has 2 aromatic carbocycles. The number of morpholine rings is 1. The first kappa shape index (κ1) is 15.7. The first-order valence-electron chi connectivity index (χ1n) is 7.84. The Morgan fingerprint density at radius 1 is 1.13 bits per heavy atom. The van der Waals surface area contributed by atoms with Gasteiger partial charge in [-0.3, -0.25) is 9.69 Å². The van der Waals surface area contributed by atoms with E-state index in [0.717, 1.165) is 38.4 Å². The molecule has 0 spiro atoms. The van der Waals surface area contributed by atoms with Crippen LogP contribution in [0.4, 0.5) is 0 Å². The summed E-state index contributed by atoms with van der Waals surface area (Å²) in [4.78, 5) is 15.1. The van der Waals surface area contributed by atoms with Crippen LogP contribution in [0.1, 0.15) is 21.5 Å². The number of ketones is 1. The van der Waals surface area contributed by atoms with E-state index in [1.165, 1.54) is 0 Å². The van der Waals surface area contributed by atoms with Gasteiger partial charge in [-0.1, -0.05) is 36.4 Å². The molecule has 4 nitrogen and oxygen atoms in total. The van der Waals surface area contributed by atoms with Gasteiger partial charge in [0.1, 0.15) is 5.75 Å². The number of benzene rings is 2. The Bertz CT molecular complexity index is 664. The summed E-state index contributed by atoms with van der Waals surface area (Å²) in [6.07, 6.45) is 0. The number of hydrogen-bond donors (Lipinski definition) is 0. The summed E-state index contributed by atoms with van der Waals surface area (Å²) in [5.74, 6) is 0.607. The molecular formula is C19H21NO3. The first-order chi connectivity index (χ1) is 11.3. The van der Waals surface area contributed by atoms with Crippen LogP contribution in [0.3, 0.4) is 0 Å². The van der Waals surface area contributed by atoms with Gasteiger partial charge in [0.15, 0.2) is 5.78 Å². The number of rotatable bonds is 5. The minimum atomic E-state index is -0.00808. The summed E-state index contributed by atoms with van der Waals surface area (Å²) in [5, 5.41) is 0. The van der Waals surface area contributed by atoms with E-state index in [1.807, 2.05) is 48.5 Å². The Kier molecular flexibility index (Phi) is 5.05. The molecule has 1 aliphatic heterocycles. The van der Waals surface area contributed by atoms with Gasteiger partial charge in [0.2, 0.25) is 0 Å². The molecule has 1 saturated heterocycles. The SMILES string of the molecule is COc1ccc(CN2CCOCC2)cc1C(=O)c1ccccc1. The van der Waals surface area contributed by atoms with Crippen molar-refractivity contribution < 1.29 is 14.3 Å². The van der Waals surface area contributed by atoms with Gasteiger partial charge < -0.3 is 9.47 Å². The van der Waals surface area contributed by atoms with Crippen molar-refractivity contribution in [1.29, 1.82) is 0 Å². The first-order valence-corrected chi connectivity index (χ1v) is 7.84. The lowest BCUT2D eigenvalue weighted by Crippen LogP contribution is -2.35. The molecule has 0 N–H and O–H groups in total. The van der Waals surface area contributed by atoms with E-state index >= 15 is 0 Å². The zero-order valence-electron chi connectivity index (χ0n) is 13.3. The van der Waals surface area contributed by atoms with Crippen LogP contribution in [0.15, 0.2) is 48.5 Å². The van der Waals surface area contributed by atoms with E-state index in [4.69, 9.17) is 9.47 Å². The molecule has 0 unspecified atom stereocenters. The molecule has 4 heteroatoms. The number of hydrogen-bond acceptors (Lipinski definition) is 4. The Hall–Kier alpha value is -2.17. The minimum Gasteiger partial charge on any atom is -0.496 e. The van der Waals surface area contributed by atoms with Gasteiger partial charge >= 0.3 is 0 Å². The lowest BCUT2D eigenvalue weighted by Gasteiger charge is -2.26. The molecule has 1 heterocycles. The van der Waals surface area contributed by atoms with E-state index in [9.17, 15) is 4.79 Å². The van der Waals surface area contributed by atoms with Crippen LogP contribution in [-0.4, -0.2) is 44.1 Å². The number of methoxy groups -OCH3 is 1. The largest absolute Gasteiger partial charge is 0.496 e. The molecule has 0 bridgehead atoms. The molecule has 1 fully saturated rings. The summed E-state index contributed by atoms with van der Waals surface area (Å²) in [6.45, 7) is 4.21. The van der Waals surface area contributed by atoms with Gasteiger partial charge in [-0.2, -0.15) is 0 Å². The highest BCUT2D eigenvalue weighted by Gasteiger charge is 2.17. The third-order valence-electron chi connectivity index (χ3n) is 4.05. The maximum absolute atomic E-state index is 12.8. The van der Waals surface area contributed by atoms with Crippen molar-refractivity contribution in [1.82, 2.24) is 4.90 Å². The van der Waals surface area contributed by atoms with Gasteiger partial charge in [-0.05, 0) is 17.7 Å². The van der Waals surface area contributed by atoms with Crippen molar-refractivity contribution >= 4 is 5.78 Å². The van der Waals surface area contributed by atoms with Crippen LogP contribution >= 0.6 is 0 Å². The van der Waals surface area contributed by atoms with Crippen molar-refractivity contribution in [3.63, 3.8) is 0 Å². The third-order valence-corrected chi connectivity index (χ3v) is 4.05. The van der Waals surface area contributed by atoms with E-state index in [2.05, 4.69) is 4.90 Å². The Morgan fingerprint density at radius 2 is 1.87 bits per heavy atom. The lowest BCUT2D eigenvalue weighted by molar-refractivity contribution is 0.0341.